The van der Waals surface area contributed by atoms with Crippen LogP contribution in [0.2, 0.25) is 0 Å². The third-order valence-electron chi connectivity index (χ3n) is 3.58. The molecule has 3 nitrogen and oxygen atoms in total. The van der Waals surface area contributed by atoms with Gasteiger partial charge in [0.2, 0.25) is 5.91 Å². The van der Waals surface area contributed by atoms with Crippen LogP contribution in [0.1, 0.15) is 31.4 Å². The van der Waals surface area contributed by atoms with Crippen LogP contribution in [0.25, 0.3) is 0 Å². The van der Waals surface area contributed by atoms with Gasteiger partial charge in [-0.15, -0.1) is 0 Å². The zero-order valence-corrected chi connectivity index (χ0v) is 12.8. The first-order valence-electron chi connectivity index (χ1n) is 6.40. The molecule has 2 rings (SSSR count). The van der Waals surface area contributed by atoms with E-state index < -0.39 is 0 Å². The van der Waals surface area contributed by atoms with Crippen molar-refractivity contribution in [2.24, 2.45) is 11.7 Å². The Morgan fingerprint density at radius 3 is 2.94 bits per heavy atom. The van der Waals surface area contributed by atoms with Crippen molar-refractivity contribution in [3.63, 3.8) is 0 Å². The minimum absolute atomic E-state index is 0.0769. The van der Waals surface area contributed by atoms with E-state index in [4.69, 9.17) is 5.73 Å². The Hall–Kier alpha value is -0.620. The van der Waals surface area contributed by atoms with Crippen LogP contribution in [0.5, 0.6) is 0 Å². The summed E-state index contributed by atoms with van der Waals surface area (Å²) in [6.45, 7) is 3.19. The largest absolute Gasteiger partial charge is 0.335 e. The fourth-order valence-corrected chi connectivity index (χ4v) is 3.23. The van der Waals surface area contributed by atoms with Crippen LogP contribution >= 0.6 is 22.6 Å². The van der Waals surface area contributed by atoms with Gasteiger partial charge in [-0.2, -0.15) is 0 Å². The number of benzene rings is 1. The van der Waals surface area contributed by atoms with Gasteiger partial charge < -0.3 is 10.6 Å². The summed E-state index contributed by atoms with van der Waals surface area (Å²) in [6.07, 6.45) is 2.14. The lowest BCUT2D eigenvalue weighted by atomic mass is 10.0. The molecule has 1 aromatic carbocycles. The Balaban J connectivity index is 2.23. The smallest absolute Gasteiger partial charge is 0.227 e. The van der Waals surface area contributed by atoms with E-state index in [2.05, 4.69) is 34.7 Å². The summed E-state index contributed by atoms with van der Waals surface area (Å²) in [7, 11) is 0. The third-order valence-corrected chi connectivity index (χ3v) is 4.56. The molecular weight excluding hydrogens is 339 g/mol. The summed E-state index contributed by atoms with van der Waals surface area (Å²) in [6, 6.07) is 8.55. The highest BCUT2D eigenvalue weighted by atomic mass is 127. The van der Waals surface area contributed by atoms with Crippen LogP contribution in [0.3, 0.4) is 0 Å². The average Bonchev–Trinajstić information content (AvgIpc) is 2.86. The molecule has 0 aromatic heterocycles. The molecule has 0 saturated carbocycles. The molecule has 0 aliphatic carbocycles. The molecule has 2 N–H and O–H groups in total. The van der Waals surface area contributed by atoms with Crippen LogP contribution < -0.4 is 5.73 Å². The van der Waals surface area contributed by atoms with Crippen molar-refractivity contribution in [3.05, 3.63) is 33.4 Å². The molecule has 2 unspecified atom stereocenters. The molecule has 1 saturated heterocycles. The Kier molecular flexibility index (Phi) is 4.61. The Labute approximate surface area is 122 Å². The van der Waals surface area contributed by atoms with E-state index in [0.29, 0.717) is 6.54 Å². The SMILES string of the molecule is CC(CN)C(=O)N1CCCC1c1ccccc1I. The molecular formula is C14H19IN2O. The molecule has 4 heteroatoms. The van der Waals surface area contributed by atoms with E-state index in [1.165, 1.54) is 9.13 Å². The van der Waals surface area contributed by atoms with Crippen LogP contribution in [0.15, 0.2) is 24.3 Å². The van der Waals surface area contributed by atoms with E-state index in [1.54, 1.807) is 0 Å². The number of rotatable bonds is 3. The summed E-state index contributed by atoms with van der Waals surface area (Å²) in [5, 5.41) is 0. The Morgan fingerprint density at radius 2 is 2.28 bits per heavy atom. The van der Waals surface area contributed by atoms with Gasteiger partial charge in [0.05, 0.1) is 6.04 Å². The first-order chi connectivity index (χ1) is 8.65. The maximum atomic E-state index is 12.3. The van der Waals surface area contributed by atoms with Crippen molar-refractivity contribution in [3.8, 4) is 0 Å². The number of hydrogen-bond donors (Lipinski definition) is 1. The van der Waals surface area contributed by atoms with Gasteiger partial charge in [0.25, 0.3) is 0 Å². The van der Waals surface area contributed by atoms with Crippen molar-refractivity contribution in [1.29, 1.82) is 0 Å². The molecule has 98 valence electrons. The summed E-state index contributed by atoms with van der Waals surface area (Å²) in [4.78, 5) is 14.3. The van der Waals surface area contributed by atoms with Gasteiger partial charge in [-0.25, -0.2) is 0 Å². The average molecular weight is 358 g/mol. The molecule has 1 fully saturated rings. The van der Waals surface area contributed by atoms with Crippen molar-refractivity contribution in [2.75, 3.05) is 13.1 Å². The normalized spacial score (nSPS) is 21.1. The van der Waals surface area contributed by atoms with Crippen LogP contribution in [-0.2, 0) is 4.79 Å². The van der Waals surface area contributed by atoms with Gasteiger partial charge in [-0.1, -0.05) is 25.1 Å². The Bertz CT molecular complexity index is 436. The number of carbonyl (C=O) groups is 1. The first-order valence-corrected chi connectivity index (χ1v) is 7.48. The highest BCUT2D eigenvalue weighted by Gasteiger charge is 2.32. The molecule has 0 spiro atoms. The lowest BCUT2D eigenvalue weighted by Crippen LogP contribution is -2.37. The standard InChI is InChI=1S/C14H19IN2O/c1-10(9-16)14(18)17-8-4-7-13(17)11-5-2-3-6-12(11)15/h2-3,5-6,10,13H,4,7-9,16H2,1H3. The minimum Gasteiger partial charge on any atom is -0.335 e. The quantitative estimate of drug-likeness (QED) is 0.845. The van der Waals surface area contributed by atoms with E-state index in [-0.39, 0.29) is 17.9 Å². The van der Waals surface area contributed by atoms with Crippen LogP contribution in [0, 0.1) is 9.49 Å². The second-order valence-electron chi connectivity index (χ2n) is 4.85. The van der Waals surface area contributed by atoms with Gasteiger partial charge in [0, 0.05) is 22.6 Å². The first kappa shape index (κ1) is 13.8. The second kappa shape index (κ2) is 6.02. The van der Waals surface area contributed by atoms with Crippen molar-refractivity contribution in [2.45, 2.75) is 25.8 Å². The molecule has 0 bridgehead atoms. The number of likely N-dealkylation sites (tertiary alicyclic amines) is 1. The van der Waals surface area contributed by atoms with E-state index in [9.17, 15) is 4.79 Å². The molecule has 18 heavy (non-hydrogen) atoms. The van der Waals surface area contributed by atoms with Gasteiger partial charge in [-0.3, -0.25) is 4.79 Å². The Morgan fingerprint density at radius 1 is 1.56 bits per heavy atom. The number of halogens is 1. The predicted molar refractivity (Wildman–Crippen MR) is 81.1 cm³/mol. The third kappa shape index (κ3) is 2.69. The number of amides is 1. The number of hydrogen-bond acceptors (Lipinski definition) is 2. The van der Waals surface area contributed by atoms with E-state index in [0.717, 1.165) is 19.4 Å². The van der Waals surface area contributed by atoms with Crippen LogP contribution in [0.4, 0.5) is 0 Å². The van der Waals surface area contributed by atoms with Crippen molar-refractivity contribution >= 4 is 28.5 Å². The molecule has 1 heterocycles. The van der Waals surface area contributed by atoms with Crippen LogP contribution in [-0.4, -0.2) is 23.9 Å². The highest BCUT2D eigenvalue weighted by Crippen LogP contribution is 2.35. The zero-order valence-electron chi connectivity index (χ0n) is 10.6. The molecule has 1 aromatic rings. The van der Waals surface area contributed by atoms with Gasteiger partial charge >= 0.3 is 0 Å². The lowest BCUT2D eigenvalue weighted by molar-refractivity contribution is -0.135. The van der Waals surface area contributed by atoms with E-state index >= 15 is 0 Å². The minimum atomic E-state index is -0.0769. The molecule has 0 radical (unpaired) electrons. The molecule has 1 aliphatic rings. The predicted octanol–water partition coefficient (Wildman–Crippen LogP) is 2.55. The highest BCUT2D eigenvalue weighted by molar-refractivity contribution is 14.1. The summed E-state index contributed by atoms with van der Waals surface area (Å²) in [5.74, 6) is 0.117. The number of nitrogens with zero attached hydrogens (tertiary/aromatic N) is 1. The van der Waals surface area contributed by atoms with Gasteiger partial charge in [0.15, 0.2) is 0 Å². The number of carbonyl (C=O) groups excluding carboxylic acids is 1. The molecule has 1 aliphatic heterocycles. The van der Waals surface area contributed by atoms with Crippen molar-refractivity contribution < 1.29 is 4.79 Å². The maximum absolute atomic E-state index is 12.3. The fraction of sp³-hybridized carbons (Fsp3) is 0.500. The maximum Gasteiger partial charge on any atom is 0.227 e. The zero-order chi connectivity index (χ0) is 13.1. The molecule has 1 amide bonds. The van der Waals surface area contributed by atoms with Gasteiger partial charge in [0.1, 0.15) is 0 Å². The fourth-order valence-electron chi connectivity index (χ4n) is 2.48. The molecule has 2 atom stereocenters. The second-order valence-corrected chi connectivity index (χ2v) is 6.01. The lowest BCUT2D eigenvalue weighted by Gasteiger charge is -2.28. The van der Waals surface area contributed by atoms with Crippen molar-refractivity contribution in [1.82, 2.24) is 4.90 Å². The summed E-state index contributed by atoms with van der Waals surface area (Å²) >= 11 is 2.35. The monoisotopic (exact) mass is 358 g/mol. The van der Waals surface area contributed by atoms with E-state index in [1.807, 2.05) is 24.0 Å². The number of nitrogens with two attached hydrogens (primary N) is 1. The summed E-state index contributed by atoms with van der Waals surface area (Å²) < 4.78 is 1.24. The van der Waals surface area contributed by atoms with Gasteiger partial charge in [-0.05, 0) is 47.1 Å². The topological polar surface area (TPSA) is 46.3 Å². The summed E-state index contributed by atoms with van der Waals surface area (Å²) in [5.41, 5.74) is 6.88.